The number of aryl methyl sites for hydroxylation is 2. The van der Waals surface area contributed by atoms with E-state index in [1.54, 1.807) is 46.3 Å². The summed E-state index contributed by atoms with van der Waals surface area (Å²) < 4.78 is 133. The van der Waals surface area contributed by atoms with E-state index >= 15 is 0 Å². The Hall–Kier alpha value is -5.33. The van der Waals surface area contributed by atoms with Crippen molar-refractivity contribution >= 4 is 43.6 Å². The fourth-order valence-electron chi connectivity index (χ4n) is 6.18. The Bertz CT molecular complexity index is 2830. The largest absolute Gasteiger partial charge is 0.439 e. The molecule has 6 heterocycles. The maximum absolute atomic E-state index is 12.8. The molecule has 0 spiro atoms. The Morgan fingerprint density at radius 1 is 0.676 bits per heavy atom. The summed E-state index contributed by atoms with van der Waals surface area (Å²) >= 11 is 3.36. The number of aromatic nitrogens is 6. The van der Waals surface area contributed by atoms with Gasteiger partial charge in [-0.3, -0.25) is 9.97 Å². The quantitative estimate of drug-likeness (QED) is 0.117. The van der Waals surface area contributed by atoms with Crippen LogP contribution in [0.15, 0.2) is 106 Å². The molecule has 0 aliphatic carbocycles. The number of alkyl halides is 6. The van der Waals surface area contributed by atoms with E-state index in [0.717, 1.165) is 51.1 Å². The lowest BCUT2D eigenvalue weighted by molar-refractivity contribution is -0.138. The van der Waals surface area contributed by atoms with Gasteiger partial charge >= 0.3 is 12.4 Å². The van der Waals surface area contributed by atoms with Crippen molar-refractivity contribution in [2.45, 2.75) is 95.9 Å². The monoisotopic (exact) mass is 1090 g/mol. The number of halogens is 7. The number of ether oxygens (including phenoxy) is 4. The Balaban J connectivity index is 0.000000198. The molecule has 0 amide bonds. The van der Waals surface area contributed by atoms with Crippen molar-refractivity contribution in [2.75, 3.05) is 26.4 Å². The summed E-state index contributed by atoms with van der Waals surface area (Å²) in [5, 5.41) is 9.02. The molecule has 2 atom stereocenters. The Labute approximate surface area is 420 Å². The van der Waals surface area contributed by atoms with Gasteiger partial charge in [-0.05, 0) is 138 Å². The third kappa shape index (κ3) is 14.7. The van der Waals surface area contributed by atoms with Crippen LogP contribution >= 0.6 is 15.9 Å². The molecule has 2 aliphatic heterocycles. The van der Waals surface area contributed by atoms with E-state index in [9.17, 15) is 34.8 Å². The van der Waals surface area contributed by atoms with Crippen molar-refractivity contribution in [2.24, 2.45) is 4.40 Å². The molecular formula is C48H53BrF6N8O6S2. The van der Waals surface area contributed by atoms with Crippen LogP contribution in [0.1, 0.15) is 72.1 Å². The zero-order valence-corrected chi connectivity index (χ0v) is 43.2. The van der Waals surface area contributed by atoms with Gasteiger partial charge in [-0.15, -0.1) is 0 Å². The summed E-state index contributed by atoms with van der Waals surface area (Å²) in [5.74, 6) is 1.41. The smallest absolute Gasteiger partial charge is 0.416 e. The van der Waals surface area contributed by atoms with Crippen LogP contribution in [-0.4, -0.2) is 79.6 Å². The first-order chi connectivity index (χ1) is 33.3. The second-order valence-electron chi connectivity index (χ2n) is 18.0. The van der Waals surface area contributed by atoms with E-state index in [4.69, 9.17) is 18.9 Å². The average Bonchev–Trinajstić information content (AvgIpc) is 3.89. The van der Waals surface area contributed by atoms with Crippen LogP contribution in [0.4, 0.5) is 26.3 Å². The Kier molecular flexibility index (Phi) is 17.5. The number of nitrogens with zero attached hydrogens (tertiary/aromatic N) is 7. The van der Waals surface area contributed by atoms with E-state index in [2.05, 4.69) is 45.2 Å². The number of pyridine rings is 2. The molecule has 14 nitrogen and oxygen atoms in total. The van der Waals surface area contributed by atoms with Gasteiger partial charge in [-0.2, -0.15) is 40.9 Å². The number of rotatable bonds is 12. The number of benzene rings is 2. The third-order valence-electron chi connectivity index (χ3n) is 10.3. The van der Waals surface area contributed by atoms with Crippen molar-refractivity contribution in [3.05, 3.63) is 119 Å². The zero-order valence-electron chi connectivity index (χ0n) is 40.0. The fourth-order valence-corrected chi connectivity index (χ4v) is 8.05. The first-order valence-corrected chi connectivity index (χ1v) is 25.1. The normalized spacial score (nSPS) is 15.5. The van der Waals surface area contributed by atoms with Gasteiger partial charge in [0.25, 0.3) is 0 Å². The highest BCUT2D eigenvalue weighted by atomic mass is 79.9. The predicted octanol–water partition coefficient (Wildman–Crippen LogP) is 11.5. The molecule has 2 fully saturated rings. The van der Waals surface area contributed by atoms with Gasteiger partial charge in [-0.1, -0.05) is 0 Å². The van der Waals surface area contributed by atoms with Crippen LogP contribution in [0.3, 0.4) is 0 Å². The van der Waals surface area contributed by atoms with E-state index in [1.165, 1.54) is 24.3 Å². The van der Waals surface area contributed by atoms with Gasteiger partial charge in [0.05, 0.1) is 75.1 Å². The number of hydrogen-bond donors (Lipinski definition) is 1. The number of nitrogens with one attached hydrogen (secondary N) is 1. The summed E-state index contributed by atoms with van der Waals surface area (Å²) in [5.41, 5.74) is 2.45. The highest BCUT2D eigenvalue weighted by Crippen LogP contribution is 2.37. The molecule has 0 radical (unpaired) electrons. The van der Waals surface area contributed by atoms with E-state index < -0.39 is 55.7 Å². The Morgan fingerprint density at radius 2 is 1.14 bits per heavy atom. The Morgan fingerprint density at radius 3 is 1.51 bits per heavy atom. The molecule has 6 aromatic rings. The van der Waals surface area contributed by atoms with E-state index in [-0.39, 0.29) is 10.5 Å². The molecule has 382 valence electrons. The van der Waals surface area contributed by atoms with Crippen LogP contribution in [-0.2, 0) is 62.4 Å². The van der Waals surface area contributed by atoms with Gasteiger partial charge in [0.2, 0.25) is 11.8 Å². The summed E-state index contributed by atoms with van der Waals surface area (Å²) in [6.45, 7) is 18.1. The standard InChI is InChI=1S/C24H27F3N4O3S.C17H13BrF3N3O.C7H13NO2S/c1-5-31-21(34-19-8-6-17(7-9-19)24(25,26)27)11-20(29-31)16-10-18(13-28-12-16)23(14-33-15-23)30-35(32)22(2,3)4;1-2-24-16(8-15(23-24)11-7-13(18)10-22-9-11)25-14-5-3-12(4-6-14)17(19,20)21;1-7(2,3)11(9)8-6-4-10-5-6/h6-13,30H,5,14-15H2,1-4H3;3-10H,2H2,1H3;4-5H2,1-3H3. The maximum atomic E-state index is 12.8. The molecule has 0 saturated carbocycles. The SMILES string of the molecule is CC(C)(C)S(=O)N=C1COC1.CCn1nc(-c2cncc(Br)c2)cc1Oc1ccc(C(F)(F)F)cc1.CCn1nc(-c2cncc(C3(NS(=O)C(C)(C)C)COC3)c2)cc1Oc1ccc(C(F)(F)F)cc1. The highest BCUT2D eigenvalue weighted by Gasteiger charge is 2.44. The molecule has 23 heteroatoms. The maximum Gasteiger partial charge on any atom is 0.416 e. The van der Waals surface area contributed by atoms with E-state index in [1.807, 2.05) is 67.5 Å². The van der Waals surface area contributed by atoms with Crippen LogP contribution in [0.5, 0.6) is 23.3 Å². The minimum atomic E-state index is -4.41. The second kappa shape index (κ2) is 22.6. The molecule has 2 saturated heterocycles. The van der Waals surface area contributed by atoms with Crippen molar-refractivity contribution in [3.63, 3.8) is 0 Å². The minimum Gasteiger partial charge on any atom is -0.439 e. The van der Waals surface area contributed by atoms with Crippen LogP contribution in [0, 0.1) is 0 Å². The second-order valence-corrected chi connectivity index (χ2v) is 22.8. The summed E-state index contributed by atoms with van der Waals surface area (Å²) in [6, 6.07) is 16.3. The third-order valence-corrected chi connectivity index (χ3v) is 13.9. The van der Waals surface area contributed by atoms with Crippen LogP contribution in [0.2, 0.25) is 0 Å². The van der Waals surface area contributed by atoms with Crippen molar-refractivity contribution in [3.8, 4) is 45.8 Å². The van der Waals surface area contributed by atoms with Gasteiger partial charge < -0.3 is 18.9 Å². The zero-order chi connectivity index (χ0) is 51.9. The topological polar surface area (TPSA) is 157 Å². The average molecular weight is 1100 g/mol. The fraction of sp³-hybridized carbons (Fsp3) is 0.396. The minimum absolute atomic E-state index is 0.247. The molecule has 71 heavy (non-hydrogen) atoms. The van der Waals surface area contributed by atoms with Crippen LogP contribution < -0.4 is 14.2 Å². The van der Waals surface area contributed by atoms with Crippen LogP contribution in [0.25, 0.3) is 22.5 Å². The van der Waals surface area contributed by atoms with Gasteiger partial charge in [0.1, 0.15) is 28.0 Å². The van der Waals surface area contributed by atoms with Gasteiger partial charge in [0.15, 0.2) is 0 Å². The van der Waals surface area contributed by atoms with Crippen molar-refractivity contribution in [1.82, 2.24) is 34.3 Å². The molecule has 2 unspecified atom stereocenters. The number of hydrogen-bond acceptors (Lipinski definition) is 10. The molecule has 2 aliphatic rings. The summed E-state index contributed by atoms with van der Waals surface area (Å²) in [6.07, 6.45) is -2.05. The lowest BCUT2D eigenvalue weighted by atomic mass is 9.89. The molecular weight excluding hydrogens is 1040 g/mol. The first-order valence-electron chi connectivity index (χ1n) is 22.0. The highest BCUT2D eigenvalue weighted by molar-refractivity contribution is 9.10. The molecule has 2 aromatic carbocycles. The first kappa shape index (κ1) is 55.0. The molecule has 0 bridgehead atoms. The van der Waals surface area contributed by atoms with Gasteiger partial charge in [0, 0.05) is 65.6 Å². The van der Waals surface area contributed by atoms with Crippen molar-refractivity contribution < 1.29 is 53.7 Å². The predicted molar refractivity (Wildman–Crippen MR) is 263 cm³/mol. The van der Waals surface area contributed by atoms with E-state index in [0.29, 0.717) is 68.4 Å². The molecule has 8 rings (SSSR count). The molecule has 4 aromatic heterocycles. The molecule has 1 N–H and O–H groups in total. The summed E-state index contributed by atoms with van der Waals surface area (Å²) in [4.78, 5) is 8.47. The lowest BCUT2D eigenvalue weighted by Crippen LogP contribution is -2.60. The van der Waals surface area contributed by atoms with Gasteiger partial charge in [-0.25, -0.2) is 22.5 Å². The van der Waals surface area contributed by atoms with Crippen molar-refractivity contribution in [1.29, 1.82) is 0 Å². The summed E-state index contributed by atoms with van der Waals surface area (Å²) in [7, 11) is -2.41. The lowest BCUT2D eigenvalue weighted by Gasteiger charge is -2.43.